The van der Waals surface area contributed by atoms with Crippen molar-refractivity contribution in [2.45, 2.75) is 26.5 Å². The average molecular weight is 300 g/mol. The van der Waals surface area contributed by atoms with Gasteiger partial charge < -0.3 is 9.30 Å². The average Bonchev–Trinajstić information content (AvgIpc) is 2.87. The minimum absolute atomic E-state index is 0.386. The summed E-state index contributed by atoms with van der Waals surface area (Å²) in [5.74, 6) is 0.870. The number of ether oxygens (including phenoxy) is 1. The molecule has 0 fully saturated rings. The smallest absolute Gasteiger partial charge is 0.119 e. The topological polar surface area (TPSA) is 14.2 Å². The van der Waals surface area contributed by atoms with Crippen LogP contribution in [-0.4, -0.2) is 4.57 Å². The predicted octanol–water partition coefficient (Wildman–Crippen LogP) is 5.45. The van der Waals surface area contributed by atoms with Crippen LogP contribution in [0, 0.1) is 0 Å². The predicted molar refractivity (Wildman–Crippen MR) is 88.1 cm³/mol. The Kier molecular flexibility index (Phi) is 3.89. The summed E-state index contributed by atoms with van der Waals surface area (Å²) in [5, 5.41) is 1.86. The Morgan fingerprint density at radius 3 is 2.52 bits per heavy atom. The van der Waals surface area contributed by atoms with Crippen molar-refractivity contribution in [3.8, 4) is 5.75 Å². The summed E-state index contributed by atoms with van der Waals surface area (Å²) >= 11 is 6.39. The van der Waals surface area contributed by atoms with E-state index in [9.17, 15) is 0 Å². The Morgan fingerprint density at radius 2 is 1.81 bits per heavy atom. The van der Waals surface area contributed by atoms with Gasteiger partial charge in [-0.1, -0.05) is 35.9 Å². The van der Waals surface area contributed by atoms with Crippen LogP contribution in [0.25, 0.3) is 10.9 Å². The lowest BCUT2D eigenvalue weighted by molar-refractivity contribution is 0.307. The normalized spacial score (nSPS) is 11.2. The summed E-state index contributed by atoms with van der Waals surface area (Å²) < 4.78 is 8.12. The number of nitrogens with zero attached hydrogens (tertiary/aromatic N) is 1. The monoisotopic (exact) mass is 299 g/mol. The first-order valence-electron chi connectivity index (χ1n) is 7.12. The van der Waals surface area contributed by atoms with E-state index in [0.29, 0.717) is 12.6 Å². The van der Waals surface area contributed by atoms with Crippen molar-refractivity contribution in [2.75, 3.05) is 0 Å². The molecule has 2 nitrogen and oxygen atoms in total. The van der Waals surface area contributed by atoms with Crippen molar-refractivity contribution in [3.63, 3.8) is 0 Å². The van der Waals surface area contributed by atoms with Crippen LogP contribution in [-0.2, 0) is 6.61 Å². The molecule has 0 N–H and O–H groups in total. The minimum atomic E-state index is 0.386. The lowest BCUT2D eigenvalue weighted by atomic mass is 10.2. The Labute approximate surface area is 129 Å². The second-order valence-electron chi connectivity index (χ2n) is 5.39. The first-order chi connectivity index (χ1) is 10.2. The fraction of sp³-hybridized carbons (Fsp3) is 0.222. The highest BCUT2D eigenvalue weighted by molar-refractivity contribution is 6.35. The van der Waals surface area contributed by atoms with Crippen molar-refractivity contribution in [1.29, 1.82) is 0 Å². The lowest BCUT2D eigenvalue weighted by Crippen LogP contribution is -1.98. The maximum Gasteiger partial charge on any atom is 0.119 e. The summed E-state index contributed by atoms with van der Waals surface area (Å²) in [6.07, 6.45) is 2.14. The molecule has 3 heteroatoms. The zero-order chi connectivity index (χ0) is 14.8. The molecular formula is C18H18ClNO. The van der Waals surface area contributed by atoms with Crippen molar-refractivity contribution >= 4 is 22.5 Å². The van der Waals surface area contributed by atoms with Crippen LogP contribution in [0.4, 0.5) is 0 Å². The zero-order valence-electron chi connectivity index (χ0n) is 12.2. The van der Waals surface area contributed by atoms with Crippen molar-refractivity contribution in [3.05, 3.63) is 65.3 Å². The molecule has 0 radical (unpaired) electrons. The van der Waals surface area contributed by atoms with E-state index < -0.39 is 0 Å². The van der Waals surface area contributed by atoms with E-state index in [1.165, 1.54) is 0 Å². The van der Waals surface area contributed by atoms with Gasteiger partial charge in [0.15, 0.2) is 0 Å². The summed E-state index contributed by atoms with van der Waals surface area (Å²) in [4.78, 5) is 0. The molecule has 0 aliphatic rings. The molecule has 1 aromatic heterocycles. The molecule has 0 aliphatic heterocycles. The molecule has 0 atom stereocenters. The quantitative estimate of drug-likeness (QED) is 0.624. The second-order valence-corrected chi connectivity index (χ2v) is 5.80. The highest BCUT2D eigenvalue weighted by atomic mass is 35.5. The van der Waals surface area contributed by atoms with Crippen LogP contribution in [0.2, 0.25) is 5.02 Å². The number of hydrogen-bond donors (Lipinski definition) is 0. The fourth-order valence-corrected chi connectivity index (χ4v) is 2.85. The molecule has 108 valence electrons. The van der Waals surface area contributed by atoms with Gasteiger partial charge in [-0.25, -0.2) is 0 Å². The van der Waals surface area contributed by atoms with E-state index in [4.69, 9.17) is 16.3 Å². The highest BCUT2D eigenvalue weighted by Gasteiger charge is 2.13. The van der Waals surface area contributed by atoms with Gasteiger partial charge in [0.25, 0.3) is 0 Å². The van der Waals surface area contributed by atoms with Crippen molar-refractivity contribution in [2.24, 2.45) is 0 Å². The summed E-state index contributed by atoms with van der Waals surface area (Å²) in [7, 11) is 0. The van der Waals surface area contributed by atoms with E-state index in [2.05, 4.69) is 30.7 Å². The van der Waals surface area contributed by atoms with Crippen LogP contribution in [0.15, 0.2) is 54.7 Å². The number of fused-ring (bicyclic) bond motifs is 1. The van der Waals surface area contributed by atoms with E-state index in [1.54, 1.807) is 0 Å². The molecule has 0 saturated carbocycles. The molecule has 1 heterocycles. The Bertz CT molecular complexity index is 747. The molecule has 0 aliphatic carbocycles. The van der Waals surface area contributed by atoms with Gasteiger partial charge in [-0.05, 0) is 38.1 Å². The summed E-state index contributed by atoms with van der Waals surface area (Å²) in [5.41, 5.74) is 2.28. The largest absolute Gasteiger partial charge is 0.489 e. The number of para-hydroxylation sites is 1. The number of aromatic nitrogens is 1. The SMILES string of the molecule is CC(C)n1cc(COc2ccccc2)c2c(Cl)cccc21. The molecule has 21 heavy (non-hydrogen) atoms. The van der Waals surface area contributed by atoms with Crippen LogP contribution in [0.5, 0.6) is 5.75 Å². The van der Waals surface area contributed by atoms with Gasteiger partial charge in [-0.3, -0.25) is 0 Å². The molecule has 3 aromatic rings. The molecule has 0 saturated heterocycles. The van der Waals surface area contributed by atoms with Crippen LogP contribution >= 0.6 is 11.6 Å². The standard InChI is InChI=1S/C18H18ClNO/c1-13(2)20-11-14(12-21-15-7-4-3-5-8-15)18-16(19)9-6-10-17(18)20/h3-11,13H,12H2,1-2H3. The van der Waals surface area contributed by atoms with Gasteiger partial charge in [0, 0.05) is 23.2 Å². The molecule has 3 rings (SSSR count). The summed E-state index contributed by atoms with van der Waals surface area (Å²) in [6, 6.07) is 16.3. The van der Waals surface area contributed by atoms with Crippen molar-refractivity contribution < 1.29 is 4.74 Å². The third-order valence-corrected chi connectivity index (χ3v) is 3.89. The minimum Gasteiger partial charge on any atom is -0.489 e. The molecule has 0 unspecified atom stereocenters. The molecular weight excluding hydrogens is 282 g/mol. The van der Waals surface area contributed by atoms with Crippen LogP contribution in [0.3, 0.4) is 0 Å². The Balaban J connectivity index is 1.98. The number of hydrogen-bond acceptors (Lipinski definition) is 1. The lowest BCUT2D eigenvalue weighted by Gasteiger charge is -2.08. The molecule has 0 bridgehead atoms. The molecule has 2 aromatic carbocycles. The van der Waals surface area contributed by atoms with Gasteiger partial charge in [0.2, 0.25) is 0 Å². The van der Waals surface area contributed by atoms with E-state index in [0.717, 1.165) is 27.2 Å². The second kappa shape index (κ2) is 5.82. The Hall–Kier alpha value is -1.93. The maximum absolute atomic E-state index is 6.39. The number of rotatable bonds is 4. The maximum atomic E-state index is 6.39. The summed E-state index contributed by atoms with van der Waals surface area (Å²) in [6.45, 7) is 4.86. The van der Waals surface area contributed by atoms with Crippen molar-refractivity contribution in [1.82, 2.24) is 4.57 Å². The zero-order valence-corrected chi connectivity index (χ0v) is 13.0. The van der Waals surface area contributed by atoms with Gasteiger partial charge in [-0.2, -0.15) is 0 Å². The third-order valence-electron chi connectivity index (χ3n) is 3.58. The van der Waals surface area contributed by atoms with Crippen LogP contribution in [0.1, 0.15) is 25.5 Å². The van der Waals surface area contributed by atoms with Gasteiger partial charge in [-0.15, -0.1) is 0 Å². The van der Waals surface area contributed by atoms with Gasteiger partial charge in [0.1, 0.15) is 12.4 Å². The van der Waals surface area contributed by atoms with E-state index >= 15 is 0 Å². The first-order valence-corrected chi connectivity index (χ1v) is 7.50. The van der Waals surface area contributed by atoms with E-state index in [1.807, 2.05) is 42.5 Å². The first kappa shape index (κ1) is 14.0. The molecule has 0 spiro atoms. The van der Waals surface area contributed by atoms with Gasteiger partial charge in [0.05, 0.1) is 10.5 Å². The highest BCUT2D eigenvalue weighted by Crippen LogP contribution is 2.31. The van der Waals surface area contributed by atoms with E-state index in [-0.39, 0.29) is 0 Å². The number of halogens is 1. The Morgan fingerprint density at radius 1 is 1.05 bits per heavy atom. The third kappa shape index (κ3) is 2.77. The fourth-order valence-electron chi connectivity index (χ4n) is 2.56. The van der Waals surface area contributed by atoms with Crippen LogP contribution < -0.4 is 4.74 Å². The van der Waals surface area contributed by atoms with Gasteiger partial charge >= 0.3 is 0 Å². The molecule has 0 amide bonds. The number of benzene rings is 2.